The van der Waals surface area contributed by atoms with Crippen LogP contribution in [-0.2, 0) is 4.79 Å². The third-order valence-electron chi connectivity index (χ3n) is 4.25. The zero-order chi connectivity index (χ0) is 17.8. The Hall–Kier alpha value is -2.00. The van der Waals surface area contributed by atoms with Gasteiger partial charge in [0, 0.05) is 26.2 Å². The first-order valence-corrected chi connectivity index (χ1v) is 9.18. The van der Waals surface area contributed by atoms with Crippen LogP contribution in [0.15, 0.2) is 29.4 Å². The van der Waals surface area contributed by atoms with Crippen molar-refractivity contribution in [1.29, 1.82) is 0 Å². The van der Waals surface area contributed by atoms with Gasteiger partial charge in [-0.3, -0.25) is 4.79 Å². The van der Waals surface area contributed by atoms with Crippen LogP contribution in [0.3, 0.4) is 0 Å². The van der Waals surface area contributed by atoms with Crippen LogP contribution in [0.5, 0.6) is 0 Å². The molecule has 0 saturated carbocycles. The Morgan fingerprint density at radius 3 is 2.76 bits per heavy atom. The summed E-state index contributed by atoms with van der Waals surface area (Å²) in [5.74, 6) is -0.281. The molecule has 0 bridgehead atoms. The van der Waals surface area contributed by atoms with Crippen LogP contribution in [0.4, 0.5) is 4.39 Å². The Bertz CT molecular complexity index is 731. The van der Waals surface area contributed by atoms with Gasteiger partial charge in [0.2, 0.25) is 11.1 Å². The van der Waals surface area contributed by atoms with Gasteiger partial charge >= 0.3 is 0 Å². The van der Waals surface area contributed by atoms with Crippen LogP contribution in [0.1, 0.15) is 13.8 Å². The van der Waals surface area contributed by atoms with Gasteiger partial charge in [0.15, 0.2) is 0 Å². The largest absolute Gasteiger partial charge is 0.339 e. The van der Waals surface area contributed by atoms with E-state index >= 15 is 0 Å². The molecule has 1 fully saturated rings. The van der Waals surface area contributed by atoms with Gasteiger partial charge in [0.25, 0.3) is 0 Å². The third kappa shape index (κ3) is 4.16. The summed E-state index contributed by atoms with van der Waals surface area (Å²) < 4.78 is 14.9. The number of aromatic nitrogens is 4. The van der Waals surface area contributed by atoms with Crippen LogP contribution >= 0.6 is 11.8 Å². The molecule has 1 aliphatic heterocycles. The van der Waals surface area contributed by atoms with E-state index in [2.05, 4.69) is 27.3 Å². The molecular formula is C16H21FN6OS. The van der Waals surface area contributed by atoms with Gasteiger partial charge in [-0.2, -0.15) is 4.68 Å². The van der Waals surface area contributed by atoms with E-state index in [-0.39, 0.29) is 17.0 Å². The van der Waals surface area contributed by atoms with Crippen molar-refractivity contribution in [2.45, 2.75) is 24.3 Å². The molecule has 7 nitrogen and oxygen atoms in total. The number of hydrogen-bond donors (Lipinski definition) is 0. The quantitative estimate of drug-likeness (QED) is 0.748. The van der Waals surface area contributed by atoms with Crippen molar-refractivity contribution < 1.29 is 9.18 Å². The summed E-state index contributed by atoms with van der Waals surface area (Å²) in [7, 11) is 0. The van der Waals surface area contributed by atoms with Gasteiger partial charge in [-0.15, -0.1) is 5.10 Å². The van der Waals surface area contributed by atoms with Crippen molar-refractivity contribution in [2.75, 3.05) is 32.7 Å². The van der Waals surface area contributed by atoms with Gasteiger partial charge < -0.3 is 9.80 Å². The lowest BCUT2D eigenvalue weighted by Crippen LogP contribution is -2.50. The highest BCUT2D eigenvalue weighted by molar-refractivity contribution is 8.00. The minimum Gasteiger partial charge on any atom is -0.339 e. The topological polar surface area (TPSA) is 67.2 Å². The molecule has 25 heavy (non-hydrogen) atoms. The smallest absolute Gasteiger partial charge is 0.235 e. The molecule has 0 N–H and O–H groups in total. The summed E-state index contributed by atoms with van der Waals surface area (Å²) in [6.45, 7) is 8.28. The number of carbonyl (C=O) groups is 1. The summed E-state index contributed by atoms with van der Waals surface area (Å²) in [5, 5.41) is 11.7. The van der Waals surface area contributed by atoms with Gasteiger partial charge in [-0.1, -0.05) is 24.8 Å². The zero-order valence-corrected chi connectivity index (χ0v) is 15.1. The second kappa shape index (κ2) is 7.92. The Morgan fingerprint density at radius 1 is 1.32 bits per heavy atom. The van der Waals surface area contributed by atoms with E-state index < -0.39 is 0 Å². The summed E-state index contributed by atoms with van der Waals surface area (Å²) >= 11 is 1.29. The van der Waals surface area contributed by atoms with Crippen LogP contribution in [0.2, 0.25) is 0 Å². The standard InChI is InChI=1S/C16H21FN6OS/c1-3-21-7-9-22(10-8-21)15(24)12(2)25-16-18-19-20-23(16)14-6-4-5-13(17)11-14/h4-6,11-12H,3,7-10H2,1-2H3/t12-/m1/s1. The van der Waals surface area contributed by atoms with E-state index in [0.717, 1.165) is 32.7 Å². The van der Waals surface area contributed by atoms with Crippen molar-refractivity contribution in [3.8, 4) is 5.69 Å². The minimum atomic E-state index is -0.359. The average Bonchev–Trinajstić information content (AvgIpc) is 3.09. The highest BCUT2D eigenvalue weighted by atomic mass is 32.2. The normalized spacial score (nSPS) is 16.8. The molecule has 134 valence electrons. The molecule has 1 aromatic heterocycles. The molecule has 2 heterocycles. The van der Waals surface area contributed by atoms with Gasteiger partial charge in [0.1, 0.15) is 5.82 Å². The van der Waals surface area contributed by atoms with E-state index in [1.807, 2.05) is 11.8 Å². The summed E-state index contributed by atoms with van der Waals surface area (Å²) in [4.78, 5) is 16.9. The lowest BCUT2D eigenvalue weighted by atomic mass is 10.3. The van der Waals surface area contributed by atoms with Gasteiger partial charge in [-0.05, 0) is 42.1 Å². The van der Waals surface area contributed by atoms with Crippen LogP contribution in [-0.4, -0.2) is 73.9 Å². The van der Waals surface area contributed by atoms with Gasteiger partial charge in [0.05, 0.1) is 10.9 Å². The number of hydrogen-bond acceptors (Lipinski definition) is 6. The predicted molar refractivity (Wildman–Crippen MR) is 93.1 cm³/mol. The SMILES string of the molecule is CCN1CCN(C(=O)[C@@H](C)Sc2nnnn2-c2cccc(F)c2)CC1. The van der Waals surface area contributed by atoms with Crippen LogP contribution in [0, 0.1) is 5.82 Å². The third-order valence-corrected chi connectivity index (χ3v) is 5.28. The van der Waals surface area contributed by atoms with E-state index in [0.29, 0.717) is 10.8 Å². The molecule has 1 amide bonds. The second-order valence-electron chi connectivity index (χ2n) is 5.87. The fourth-order valence-electron chi connectivity index (χ4n) is 2.77. The van der Waals surface area contributed by atoms with Crippen molar-refractivity contribution in [3.63, 3.8) is 0 Å². The monoisotopic (exact) mass is 364 g/mol. The number of tetrazole rings is 1. The number of nitrogens with zero attached hydrogens (tertiary/aromatic N) is 6. The molecule has 2 aromatic rings. The zero-order valence-electron chi connectivity index (χ0n) is 14.3. The number of halogens is 1. The van der Waals surface area contributed by atoms with Crippen LogP contribution < -0.4 is 0 Å². The predicted octanol–water partition coefficient (Wildman–Crippen LogP) is 1.45. The van der Waals surface area contributed by atoms with Crippen LogP contribution in [0.25, 0.3) is 5.69 Å². The highest BCUT2D eigenvalue weighted by Gasteiger charge is 2.26. The average molecular weight is 364 g/mol. The fourth-order valence-corrected chi connectivity index (χ4v) is 3.66. The number of carbonyl (C=O) groups excluding carboxylic acids is 1. The molecule has 1 atom stereocenters. The van der Waals surface area contributed by atoms with E-state index in [1.165, 1.54) is 28.6 Å². The number of thioether (sulfide) groups is 1. The first kappa shape index (κ1) is 17.8. The molecule has 1 aliphatic rings. The molecule has 1 aromatic carbocycles. The maximum atomic E-state index is 13.4. The lowest BCUT2D eigenvalue weighted by molar-refractivity contribution is -0.132. The number of benzene rings is 1. The van der Waals surface area contributed by atoms with E-state index in [1.54, 1.807) is 12.1 Å². The minimum absolute atomic E-state index is 0.0783. The number of piperazine rings is 1. The Morgan fingerprint density at radius 2 is 2.08 bits per heavy atom. The molecule has 0 unspecified atom stereocenters. The summed E-state index contributed by atoms with van der Waals surface area (Å²) in [5.41, 5.74) is 0.531. The molecular weight excluding hydrogens is 343 g/mol. The van der Waals surface area contributed by atoms with Gasteiger partial charge in [-0.25, -0.2) is 4.39 Å². The summed E-state index contributed by atoms with van der Waals surface area (Å²) in [6, 6.07) is 6.04. The first-order chi connectivity index (χ1) is 12.1. The Labute approximate surface area is 150 Å². The van der Waals surface area contributed by atoms with Crippen molar-refractivity contribution in [3.05, 3.63) is 30.1 Å². The Kier molecular flexibility index (Phi) is 5.64. The molecule has 0 aliphatic carbocycles. The van der Waals surface area contributed by atoms with E-state index in [4.69, 9.17) is 0 Å². The molecule has 9 heteroatoms. The molecule has 0 radical (unpaired) electrons. The number of amides is 1. The maximum Gasteiger partial charge on any atom is 0.235 e. The lowest BCUT2D eigenvalue weighted by Gasteiger charge is -2.35. The van der Waals surface area contributed by atoms with Crippen molar-refractivity contribution in [1.82, 2.24) is 30.0 Å². The number of likely N-dealkylation sites (N-methyl/N-ethyl adjacent to an activating group) is 1. The van der Waals surface area contributed by atoms with E-state index in [9.17, 15) is 9.18 Å². The fraction of sp³-hybridized carbons (Fsp3) is 0.500. The second-order valence-corrected chi connectivity index (χ2v) is 7.18. The van der Waals surface area contributed by atoms with Crippen molar-refractivity contribution in [2.24, 2.45) is 0 Å². The summed E-state index contributed by atoms with van der Waals surface area (Å²) in [6.07, 6.45) is 0. The molecule has 1 saturated heterocycles. The maximum absolute atomic E-state index is 13.4. The molecule has 3 rings (SSSR count). The number of rotatable bonds is 5. The Balaban J connectivity index is 1.67. The van der Waals surface area contributed by atoms with Crippen molar-refractivity contribution >= 4 is 17.7 Å². The highest BCUT2D eigenvalue weighted by Crippen LogP contribution is 2.24. The molecule has 0 spiro atoms. The first-order valence-electron chi connectivity index (χ1n) is 8.30.